The first kappa shape index (κ1) is 20.3. The minimum atomic E-state index is -0.302. The minimum absolute atomic E-state index is 0.154. The van der Waals surface area contributed by atoms with E-state index in [9.17, 15) is 9.59 Å². The molecule has 8 heteroatoms. The van der Waals surface area contributed by atoms with Crippen molar-refractivity contribution in [1.82, 2.24) is 19.2 Å². The lowest BCUT2D eigenvalue weighted by molar-refractivity contribution is -0.121. The van der Waals surface area contributed by atoms with Gasteiger partial charge < -0.3 is 11.1 Å². The highest BCUT2D eigenvalue weighted by atomic mass is 16.2. The molecule has 1 atom stereocenters. The average molecular weight is 386 g/mol. The molecule has 2 heterocycles. The summed E-state index contributed by atoms with van der Waals surface area (Å²) in [6, 6.07) is 9.11. The van der Waals surface area contributed by atoms with Crippen LogP contribution in [0.1, 0.15) is 12.6 Å². The standard InChI is InChI=1S/C20H30N6O2/c1-15-18(20(28)26(23(15)3)17-7-5-4-6-8-17)22-19(27)16(2)25-13-11-24(10-9-21)12-14-25/h4-8,16H,9-14,21H2,1-3H3,(H,22,27). The van der Waals surface area contributed by atoms with Crippen LogP contribution >= 0.6 is 0 Å². The zero-order chi connectivity index (χ0) is 20.3. The minimum Gasteiger partial charge on any atom is -0.329 e. The molecule has 1 amide bonds. The van der Waals surface area contributed by atoms with Crippen molar-refractivity contribution in [2.24, 2.45) is 12.8 Å². The molecule has 1 unspecified atom stereocenters. The molecule has 1 fully saturated rings. The molecule has 3 N–H and O–H groups in total. The Morgan fingerprint density at radius 1 is 1.18 bits per heavy atom. The van der Waals surface area contributed by atoms with Gasteiger partial charge in [0.2, 0.25) is 5.91 Å². The van der Waals surface area contributed by atoms with Crippen LogP contribution in [0.5, 0.6) is 0 Å². The molecular weight excluding hydrogens is 356 g/mol. The maximum Gasteiger partial charge on any atom is 0.295 e. The fourth-order valence-corrected chi connectivity index (χ4v) is 3.66. The summed E-state index contributed by atoms with van der Waals surface area (Å²) in [6.45, 7) is 8.70. The van der Waals surface area contributed by atoms with E-state index in [1.807, 2.05) is 51.2 Å². The Morgan fingerprint density at radius 3 is 2.43 bits per heavy atom. The van der Waals surface area contributed by atoms with Gasteiger partial charge in [-0.1, -0.05) is 18.2 Å². The lowest BCUT2D eigenvalue weighted by Gasteiger charge is -2.37. The number of carbonyl (C=O) groups excluding carboxylic acids is 1. The Bertz CT molecular complexity index is 865. The van der Waals surface area contributed by atoms with Crippen LogP contribution in [-0.2, 0) is 11.8 Å². The molecule has 0 spiro atoms. The number of para-hydroxylation sites is 1. The monoisotopic (exact) mass is 386 g/mol. The maximum absolute atomic E-state index is 13.0. The van der Waals surface area contributed by atoms with Gasteiger partial charge in [-0.3, -0.25) is 24.1 Å². The van der Waals surface area contributed by atoms with E-state index in [-0.39, 0.29) is 17.5 Å². The van der Waals surface area contributed by atoms with Gasteiger partial charge >= 0.3 is 0 Å². The molecule has 0 saturated carbocycles. The normalized spacial score (nSPS) is 16.9. The third-order valence-electron chi connectivity index (χ3n) is 5.58. The molecule has 152 valence electrons. The highest BCUT2D eigenvalue weighted by Gasteiger charge is 2.27. The van der Waals surface area contributed by atoms with E-state index < -0.39 is 0 Å². The van der Waals surface area contributed by atoms with Crippen LogP contribution in [0.2, 0.25) is 0 Å². The van der Waals surface area contributed by atoms with E-state index in [4.69, 9.17) is 5.73 Å². The molecule has 0 aliphatic carbocycles. The van der Waals surface area contributed by atoms with Gasteiger partial charge in [-0.05, 0) is 26.0 Å². The summed E-state index contributed by atoms with van der Waals surface area (Å²) in [4.78, 5) is 30.2. The van der Waals surface area contributed by atoms with Crippen molar-refractivity contribution < 1.29 is 4.79 Å². The van der Waals surface area contributed by atoms with E-state index in [0.29, 0.717) is 12.2 Å². The lowest BCUT2D eigenvalue weighted by Crippen LogP contribution is -2.53. The van der Waals surface area contributed by atoms with Crippen molar-refractivity contribution in [3.05, 3.63) is 46.4 Å². The summed E-state index contributed by atoms with van der Waals surface area (Å²) in [5.41, 5.74) is 7.23. The van der Waals surface area contributed by atoms with Gasteiger partial charge in [-0.2, -0.15) is 0 Å². The van der Waals surface area contributed by atoms with E-state index in [1.165, 1.54) is 0 Å². The number of carbonyl (C=O) groups is 1. The molecule has 2 aromatic rings. The third kappa shape index (κ3) is 4.04. The van der Waals surface area contributed by atoms with E-state index >= 15 is 0 Å². The zero-order valence-electron chi connectivity index (χ0n) is 16.9. The van der Waals surface area contributed by atoms with Gasteiger partial charge in [0.05, 0.1) is 17.4 Å². The molecule has 28 heavy (non-hydrogen) atoms. The van der Waals surface area contributed by atoms with Gasteiger partial charge in [0.1, 0.15) is 5.69 Å². The predicted octanol–water partition coefficient (Wildman–Crippen LogP) is 0.388. The van der Waals surface area contributed by atoms with Crippen LogP contribution in [0.4, 0.5) is 5.69 Å². The smallest absolute Gasteiger partial charge is 0.295 e. The largest absolute Gasteiger partial charge is 0.329 e. The Hall–Kier alpha value is -2.42. The quantitative estimate of drug-likeness (QED) is 0.750. The van der Waals surface area contributed by atoms with E-state index in [0.717, 1.165) is 44.1 Å². The molecule has 1 aromatic heterocycles. The first-order chi connectivity index (χ1) is 13.4. The van der Waals surface area contributed by atoms with Crippen LogP contribution in [0.15, 0.2) is 35.1 Å². The number of anilines is 1. The Kier molecular flexibility index (Phi) is 6.33. The molecule has 8 nitrogen and oxygen atoms in total. The fraction of sp³-hybridized carbons (Fsp3) is 0.500. The van der Waals surface area contributed by atoms with Crippen molar-refractivity contribution in [2.45, 2.75) is 19.9 Å². The number of rotatable bonds is 6. The summed E-state index contributed by atoms with van der Waals surface area (Å²) >= 11 is 0. The second-order valence-corrected chi connectivity index (χ2v) is 7.27. The number of piperazine rings is 1. The molecule has 1 aliphatic heterocycles. The highest BCUT2D eigenvalue weighted by Crippen LogP contribution is 2.15. The number of amides is 1. The van der Waals surface area contributed by atoms with E-state index in [2.05, 4.69) is 15.1 Å². The van der Waals surface area contributed by atoms with E-state index in [1.54, 1.807) is 9.36 Å². The van der Waals surface area contributed by atoms with Crippen LogP contribution < -0.4 is 16.6 Å². The molecule has 0 bridgehead atoms. The number of nitrogens with two attached hydrogens (primary N) is 1. The second kappa shape index (κ2) is 8.72. The second-order valence-electron chi connectivity index (χ2n) is 7.27. The fourth-order valence-electron chi connectivity index (χ4n) is 3.66. The number of nitrogens with zero attached hydrogens (tertiary/aromatic N) is 4. The summed E-state index contributed by atoms with van der Waals surface area (Å²) in [7, 11) is 1.82. The summed E-state index contributed by atoms with van der Waals surface area (Å²) in [5, 5.41) is 2.87. The SMILES string of the molecule is Cc1c(NC(=O)C(C)N2CCN(CCN)CC2)c(=O)n(-c2ccccc2)n1C. The van der Waals surface area contributed by atoms with Gasteiger partial charge in [-0.25, -0.2) is 4.68 Å². The van der Waals surface area contributed by atoms with Gasteiger partial charge in [0.25, 0.3) is 5.56 Å². The van der Waals surface area contributed by atoms with Gasteiger partial charge in [-0.15, -0.1) is 0 Å². The van der Waals surface area contributed by atoms with Crippen LogP contribution in [0, 0.1) is 6.92 Å². The average Bonchev–Trinajstić information content (AvgIpc) is 2.92. The third-order valence-corrected chi connectivity index (χ3v) is 5.58. The van der Waals surface area contributed by atoms with Crippen molar-refractivity contribution in [3.8, 4) is 5.69 Å². The van der Waals surface area contributed by atoms with Crippen molar-refractivity contribution >= 4 is 11.6 Å². The van der Waals surface area contributed by atoms with Crippen molar-refractivity contribution in [2.75, 3.05) is 44.6 Å². The van der Waals surface area contributed by atoms with Crippen LogP contribution in [0.3, 0.4) is 0 Å². The summed E-state index contributed by atoms with van der Waals surface area (Å²) < 4.78 is 3.34. The number of nitrogens with one attached hydrogen (secondary N) is 1. The number of hydrogen-bond acceptors (Lipinski definition) is 5. The Morgan fingerprint density at radius 2 is 1.82 bits per heavy atom. The zero-order valence-corrected chi connectivity index (χ0v) is 16.9. The van der Waals surface area contributed by atoms with Gasteiger partial charge in [0.15, 0.2) is 0 Å². The topological polar surface area (TPSA) is 88.5 Å². The van der Waals surface area contributed by atoms with Gasteiger partial charge in [0, 0.05) is 46.3 Å². The first-order valence-electron chi connectivity index (χ1n) is 9.75. The molecule has 1 aromatic carbocycles. The molecular formula is C20H30N6O2. The Balaban J connectivity index is 1.73. The number of hydrogen-bond donors (Lipinski definition) is 2. The summed E-state index contributed by atoms with van der Waals surface area (Å²) in [6.07, 6.45) is 0. The molecule has 3 rings (SSSR count). The number of aromatic nitrogens is 2. The van der Waals surface area contributed by atoms with Crippen molar-refractivity contribution in [3.63, 3.8) is 0 Å². The molecule has 0 radical (unpaired) electrons. The Labute approximate surface area is 165 Å². The van der Waals surface area contributed by atoms with Crippen molar-refractivity contribution in [1.29, 1.82) is 0 Å². The van der Waals surface area contributed by atoms with Crippen LogP contribution in [-0.4, -0.2) is 70.4 Å². The van der Waals surface area contributed by atoms with Crippen LogP contribution in [0.25, 0.3) is 5.69 Å². The number of benzene rings is 1. The summed E-state index contributed by atoms with van der Waals surface area (Å²) in [5.74, 6) is -0.154. The predicted molar refractivity (Wildman–Crippen MR) is 111 cm³/mol. The lowest BCUT2D eigenvalue weighted by atomic mass is 10.2. The molecule has 1 aliphatic rings. The first-order valence-corrected chi connectivity index (χ1v) is 9.75. The molecule has 1 saturated heterocycles. The highest BCUT2D eigenvalue weighted by molar-refractivity contribution is 5.95. The maximum atomic E-state index is 13.0.